The van der Waals surface area contributed by atoms with Crippen molar-refractivity contribution in [1.82, 2.24) is 0 Å². The number of benzene rings is 1. The van der Waals surface area contributed by atoms with E-state index < -0.39 is 0 Å². The zero-order valence-corrected chi connectivity index (χ0v) is 10.9. The van der Waals surface area contributed by atoms with Gasteiger partial charge in [-0.05, 0) is 48.8 Å². The van der Waals surface area contributed by atoms with Crippen molar-refractivity contribution in [2.24, 2.45) is 11.7 Å². The summed E-state index contributed by atoms with van der Waals surface area (Å²) in [5, 5.41) is 0. The molecule has 1 aromatic rings. The van der Waals surface area contributed by atoms with Crippen LogP contribution in [0.5, 0.6) is 5.75 Å². The van der Waals surface area contributed by atoms with Crippen LogP contribution in [0.4, 0.5) is 0 Å². The van der Waals surface area contributed by atoms with E-state index >= 15 is 0 Å². The van der Waals surface area contributed by atoms with Crippen LogP contribution < -0.4 is 10.5 Å². The average Bonchev–Trinajstić information content (AvgIpc) is 3.13. The second-order valence-electron chi connectivity index (χ2n) is 5.37. The van der Waals surface area contributed by atoms with Crippen molar-refractivity contribution in [3.63, 3.8) is 0 Å². The Morgan fingerprint density at radius 3 is 2.76 bits per heavy atom. The van der Waals surface area contributed by atoms with Crippen LogP contribution in [0.1, 0.15) is 44.6 Å². The number of hydrogen-bond donors (Lipinski definition) is 1. The zero-order chi connectivity index (χ0) is 12.3. The molecule has 0 heterocycles. The Hall–Kier alpha value is -1.02. The molecule has 0 aromatic heterocycles. The van der Waals surface area contributed by atoms with E-state index in [2.05, 4.69) is 32.0 Å². The lowest BCUT2D eigenvalue weighted by Gasteiger charge is -2.12. The van der Waals surface area contributed by atoms with Crippen LogP contribution in [0.15, 0.2) is 24.3 Å². The molecule has 2 heteroatoms. The topological polar surface area (TPSA) is 35.2 Å². The average molecular weight is 233 g/mol. The van der Waals surface area contributed by atoms with Gasteiger partial charge in [-0.25, -0.2) is 0 Å². The number of ether oxygens (including phenoxy) is 1. The lowest BCUT2D eigenvalue weighted by atomic mass is 10.0. The normalized spacial score (nSPS) is 17.2. The van der Waals surface area contributed by atoms with Crippen LogP contribution in [0, 0.1) is 5.92 Å². The monoisotopic (exact) mass is 233 g/mol. The van der Waals surface area contributed by atoms with Crippen molar-refractivity contribution in [3.8, 4) is 5.75 Å². The maximum absolute atomic E-state index is 6.04. The van der Waals surface area contributed by atoms with E-state index in [0.717, 1.165) is 24.7 Å². The predicted molar refractivity (Wildman–Crippen MR) is 71.3 cm³/mol. The highest BCUT2D eigenvalue weighted by Gasteiger charge is 2.27. The van der Waals surface area contributed by atoms with Crippen LogP contribution in [0.25, 0.3) is 0 Å². The minimum absolute atomic E-state index is 0.336. The Labute approximate surface area is 104 Å². The lowest BCUT2D eigenvalue weighted by Crippen LogP contribution is -2.24. The van der Waals surface area contributed by atoms with E-state index in [1.165, 1.54) is 18.4 Å². The molecule has 0 bridgehead atoms. The predicted octanol–water partition coefficient (Wildman–Crippen LogP) is 3.32. The first-order chi connectivity index (χ1) is 8.16. The summed E-state index contributed by atoms with van der Waals surface area (Å²) in [6.45, 7) is 5.13. The summed E-state index contributed by atoms with van der Waals surface area (Å²) in [5.41, 5.74) is 7.37. The maximum atomic E-state index is 6.04. The first-order valence-electron chi connectivity index (χ1n) is 6.65. The van der Waals surface area contributed by atoms with Crippen molar-refractivity contribution in [2.75, 3.05) is 6.61 Å². The van der Waals surface area contributed by atoms with Gasteiger partial charge in [0.15, 0.2) is 0 Å². The zero-order valence-electron chi connectivity index (χ0n) is 10.9. The molecule has 0 amide bonds. The molecule has 17 heavy (non-hydrogen) atoms. The highest BCUT2D eigenvalue weighted by molar-refractivity contribution is 5.30. The molecule has 1 saturated carbocycles. The van der Waals surface area contributed by atoms with Crippen LogP contribution in [0.3, 0.4) is 0 Å². The molecule has 0 saturated heterocycles. The van der Waals surface area contributed by atoms with Gasteiger partial charge < -0.3 is 10.5 Å². The minimum atomic E-state index is 0.336. The number of hydrogen-bond acceptors (Lipinski definition) is 2. The second-order valence-corrected chi connectivity index (χ2v) is 5.37. The van der Waals surface area contributed by atoms with E-state index in [1.807, 2.05) is 6.07 Å². The molecule has 2 rings (SSSR count). The fourth-order valence-electron chi connectivity index (χ4n) is 2.04. The summed E-state index contributed by atoms with van der Waals surface area (Å²) in [6, 6.07) is 8.70. The Kier molecular flexibility index (Phi) is 4.06. The SMILES string of the molecule is CC(C)c1cccc(OCCC(N)C2CC2)c1. The third-order valence-corrected chi connectivity index (χ3v) is 3.47. The highest BCUT2D eigenvalue weighted by atomic mass is 16.5. The molecule has 2 N–H and O–H groups in total. The summed E-state index contributed by atoms with van der Waals surface area (Å²) in [7, 11) is 0. The number of rotatable bonds is 6. The third-order valence-electron chi connectivity index (χ3n) is 3.47. The van der Waals surface area contributed by atoms with Crippen molar-refractivity contribution >= 4 is 0 Å². The van der Waals surface area contributed by atoms with Gasteiger partial charge >= 0.3 is 0 Å². The molecule has 1 aliphatic carbocycles. The van der Waals surface area contributed by atoms with Crippen molar-refractivity contribution in [2.45, 2.75) is 45.1 Å². The minimum Gasteiger partial charge on any atom is -0.494 e. The standard InChI is InChI=1S/C15H23NO/c1-11(2)13-4-3-5-14(10-13)17-9-8-15(16)12-6-7-12/h3-5,10-12,15H,6-9,16H2,1-2H3. The van der Waals surface area contributed by atoms with Gasteiger partial charge in [-0.3, -0.25) is 0 Å². The van der Waals surface area contributed by atoms with Crippen molar-refractivity contribution < 1.29 is 4.74 Å². The van der Waals surface area contributed by atoms with Gasteiger partial charge in [-0.1, -0.05) is 26.0 Å². The van der Waals surface area contributed by atoms with Gasteiger partial charge in [0, 0.05) is 6.04 Å². The van der Waals surface area contributed by atoms with Crippen molar-refractivity contribution in [3.05, 3.63) is 29.8 Å². The summed E-state index contributed by atoms with van der Waals surface area (Å²) >= 11 is 0. The van der Waals surface area contributed by atoms with Crippen LogP contribution in [-0.4, -0.2) is 12.6 Å². The van der Waals surface area contributed by atoms with E-state index in [0.29, 0.717) is 12.0 Å². The molecule has 94 valence electrons. The summed E-state index contributed by atoms with van der Waals surface area (Å²) < 4.78 is 5.77. The molecule has 1 unspecified atom stereocenters. The third kappa shape index (κ3) is 3.74. The summed E-state index contributed by atoms with van der Waals surface area (Å²) in [4.78, 5) is 0. The summed E-state index contributed by atoms with van der Waals surface area (Å²) in [6.07, 6.45) is 3.59. The fraction of sp³-hybridized carbons (Fsp3) is 0.600. The van der Waals surface area contributed by atoms with Gasteiger partial charge in [0.25, 0.3) is 0 Å². The Morgan fingerprint density at radius 2 is 2.12 bits per heavy atom. The van der Waals surface area contributed by atoms with Crippen LogP contribution >= 0.6 is 0 Å². The smallest absolute Gasteiger partial charge is 0.119 e. The number of nitrogens with two attached hydrogens (primary N) is 1. The first kappa shape index (κ1) is 12.4. The molecule has 1 aromatic carbocycles. The highest BCUT2D eigenvalue weighted by Crippen LogP contribution is 2.32. The lowest BCUT2D eigenvalue weighted by molar-refractivity contribution is 0.291. The van der Waals surface area contributed by atoms with E-state index in [1.54, 1.807) is 0 Å². The molecule has 1 fully saturated rings. The Morgan fingerprint density at radius 1 is 1.35 bits per heavy atom. The van der Waals surface area contributed by atoms with E-state index in [9.17, 15) is 0 Å². The summed E-state index contributed by atoms with van der Waals surface area (Å²) in [5.74, 6) is 2.28. The molecule has 0 aliphatic heterocycles. The van der Waals surface area contributed by atoms with Gasteiger partial charge in [0.05, 0.1) is 6.61 Å². The van der Waals surface area contributed by atoms with Crippen molar-refractivity contribution in [1.29, 1.82) is 0 Å². The van der Waals surface area contributed by atoms with E-state index in [4.69, 9.17) is 10.5 Å². The van der Waals surface area contributed by atoms with Gasteiger partial charge in [0.2, 0.25) is 0 Å². The molecule has 2 nitrogen and oxygen atoms in total. The van der Waals surface area contributed by atoms with Gasteiger partial charge in [-0.15, -0.1) is 0 Å². The molecule has 0 spiro atoms. The van der Waals surface area contributed by atoms with E-state index in [-0.39, 0.29) is 0 Å². The Balaban J connectivity index is 1.79. The Bertz CT molecular complexity index is 358. The molecular formula is C15H23NO. The molecule has 0 radical (unpaired) electrons. The molecular weight excluding hydrogens is 210 g/mol. The largest absolute Gasteiger partial charge is 0.494 e. The van der Waals surface area contributed by atoms with Crippen LogP contribution in [-0.2, 0) is 0 Å². The quantitative estimate of drug-likeness (QED) is 0.818. The molecule has 1 aliphatic rings. The van der Waals surface area contributed by atoms with Gasteiger partial charge in [-0.2, -0.15) is 0 Å². The fourth-order valence-corrected chi connectivity index (χ4v) is 2.04. The molecule has 1 atom stereocenters. The van der Waals surface area contributed by atoms with Gasteiger partial charge in [0.1, 0.15) is 5.75 Å². The maximum Gasteiger partial charge on any atom is 0.119 e. The first-order valence-corrected chi connectivity index (χ1v) is 6.65. The van der Waals surface area contributed by atoms with Crippen LogP contribution in [0.2, 0.25) is 0 Å². The second kappa shape index (κ2) is 5.54.